The molecular formula is C24H30N2O7. The lowest BCUT2D eigenvalue weighted by molar-refractivity contribution is -0.144. The summed E-state index contributed by atoms with van der Waals surface area (Å²) < 4.78 is 10.0. The quantitative estimate of drug-likeness (QED) is 0.369. The predicted molar refractivity (Wildman–Crippen MR) is 121 cm³/mol. The number of rotatable bonds is 6. The zero-order chi connectivity index (χ0) is 25.2. The van der Waals surface area contributed by atoms with Gasteiger partial charge in [-0.15, -0.1) is 0 Å². The van der Waals surface area contributed by atoms with E-state index < -0.39 is 47.9 Å². The minimum absolute atomic E-state index is 0.254. The summed E-state index contributed by atoms with van der Waals surface area (Å²) in [4.78, 5) is 37.3. The summed E-state index contributed by atoms with van der Waals surface area (Å²) in [5.74, 6) is 8.73. The Morgan fingerprint density at radius 3 is 2.18 bits per heavy atom. The standard InChI is InChI=1S/C24H30N2O7/c1-23(2,3)33-22(31)26-24(4,5)19(21(30)32-6)25-20(29)17-13-11-16(12-14-17)9-7-8-10-18(28)15-27/h11-14,18-19,27-28H,15H2,1-6H3,(H,25,29)(H,26,31)/t18-,19?/m1/s1. The van der Waals surface area contributed by atoms with E-state index in [0.29, 0.717) is 5.56 Å². The second-order valence-electron chi connectivity index (χ2n) is 8.57. The van der Waals surface area contributed by atoms with Gasteiger partial charge in [0.05, 0.1) is 19.3 Å². The Kier molecular flexibility index (Phi) is 9.93. The second kappa shape index (κ2) is 11.9. The summed E-state index contributed by atoms with van der Waals surface area (Å²) in [6, 6.07) is 5.00. The first-order valence-electron chi connectivity index (χ1n) is 10.1. The van der Waals surface area contributed by atoms with Gasteiger partial charge in [0.15, 0.2) is 0 Å². The predicted octanol–water partition coefficient (Wildman–Crippen LogP) is 0.969. The molecule has 9 heteroatoms. The van der Waals surface area contributed by atoms with Crippen molar-refractivity contribution in [1.29, 1.82) is 0 Å². The second-order valence-corrected chi connectivity index (χ2v) is 8.57. The maximum Gasteiger partial charge on any atom is 0.408 e. The molecule has 33 heavy (non-hydrogen) atoms. The number of esters is 1. The van der Waals surface area contributed by atoms with Crippen molar-refractivity contribution in [3.05, 3.63) is 35.4 Å². The molecule has 0 fully saturated rings. The number of alkyl carbamates (subject to hydrolysis) is 1. The van der Waals surface area contributed by atoms with E-state index in [2.05, 4.69) is 34.3 Å². The third kappa shape index (κ3) is 9.65. The van der Waals surface area contributed by atoms with Crippen LogP contribution in [-0.2, 0) is 14.3 Å². The number of hydrogen-bond acceptors (Lipinski definition) is 7. The molecule has 0 bridgehead atoms. The van der Waals surface area contributed by atoms with Gasteiger partial charge in [-0.05, 0) is 70.7 Å². The molecule has 0 aliphatic carbocycles. The Balaban J connectivity index is 2.96. The van der Waals surface area contributed by atoms with Crippen LogP contribution in [0.5, 0.6) is 0 Å². The fraction of sp³-hybridized carbons (Fsp3) is 0.458. The van der Waals surface area contributed by atoms with E-state index in [-0.39, 0.29) is 5.56 Å². The van der Waals surface area contributed by atoms with E-state index in [4.69, 9.17) is 19.7 Å². The number of aliphatic hydroxyl groups excluding tert-OH is 2. The maximum atomic E-state index is 12.7. The maximum absolute atomic E-state index is 12.7. The van der Waals surface area contributed by atoms with Crippen molar-refractivity contribution < 1.29 is 34.1 Å². The van der Waals surface area contributed by atoms with E-state index in [1.54, 1.807) is 46.8 Å². The average molecular weight is 459 g/mol. The molecule has 2 amide bonds. The Labute approximate surface area is 193 Å². The molecule has 0 aromatic heterocycles. The summed E-state index contributed by atoms with van der Waals surface area (Å²) in [5.41, 5.74) is -1.15. The van der Waals surface area contributed by atoms with Crippen LogP contribution >= 0.6 is 0 Å². The first-order chi connectivity index (χ1) is 15.3. The van der Waals surface area contributed by atoms with E-state index in [9.17, 15) is 14.4 Å². The number of methoxy groups -OCH3 is 1. The highest BCUT2D eigenvalue weighted by molar-refractivity contribution is 5.97. The number of carbonyl (C=O) groups excluding carboxylic acids is 3. The molecule has 0 saturated heterocycles. The van der Waals surface area contributed by atoms with Crippen LogP contribution in [0.25, 0.3) is 0 Å². The van der Waals surface area contributed by atoms with Crippen molar-refractivity contribution >= 4 is 18.0 Å². The highest BCUT2D eigenvalue weighted by atomic mass is 16.6. The molecule has 9 nitrogen and oxygen atoms in total. The van der Waals surface area contributed by atoms with Crippen LogP contribution in [0.2, 0.25) is 0 Å². The van der Waals surface area contributed by atoms with Gasteiger partial charge in [0.25, 0.3) is 5.91 Å². The van der Waals surface area contributed by atoms with Crippen molar-refractivity contribution in [2.45, 2.75) is 57.9 Å². The van der Waals surface area contributed by atoms with Gasteiger partial charge in [-0.3, -0.25) is 4.79 Å². The zero-order valence-electron chi connectivity index (χ0n) is 19.6. The van der Waals surface area contributed by atoms with Gasteiger partial charge in [-0.2, -0.15) is 0 Å². The first kappa shape index (κ1) is 27.5. The summed E-state index contributed by atoms with van der Waals surface area (Å²) >= 11 is 0. The lowest BCUT2D eigenvalue weighted by Gasteiger charge is -2.34. The first-order valence-corrected chi connectivity index (χ1v) is 10.1. The van der Waals surface area contributed by atoms with Crippen molar-refractivity contribution in [2.75, 3.05) is 13.7 Å². The summed E-state index contributed by atoms with van der Waals surface area (Å²) in [7, 11) is 1.18. The Morgan fingerprint density at radius 1 is 1.06 bits per heavy atom. The van der Waals surface area contributed by atoms with Crippen LogP contribution in [0.15, 0.2) is 24.3 Å². The summed E-state index contributed by atoms with van der Waals surface area (Å²) in [6.45, 7) is 7.77. The smallest absolute Gasteiger partial charge is 0.408 e. The lowest BCUT2D eigenvalue weighted by Crippen LogP contribution is -2.62. The van der Waals surface area contributed by atoms with Gasteiger partial charge in [0, 0.05) is 11.1 Å². The average Bonchev–Trinajstić information content (AvgIpc) is 2.72. The Bertz CT molecular complexity index is 971. The van der Waals surface area contributed by atoms with Crippen molar-refractivity contribution in [3.63, 3.8) is 0 Å². The van der Waals surface area contributed by atoms with Crippen molar-refractivity contribution in [2.24, 2.45) is 0 Å². The minimum atomic E-state index is -1.23. The normalized spacial score (nSPS) is 12.6. The topological polar surface area (TPSA) is 134 Å². The fourth-order valence-corrected chi connectivity index (χ4v) is 2.48. The number of ether oxygens (including phenoxy) is 2. The minimum Gasteiger partial charge on any atom is -0.467 e. The summed E-state index contributed by atoms with van der Waals surface area (Å²) in [6.07, 6.45) is -1.89. The molecule has 1 aromatic rings. The number of hydrogen-bond donors (Lipinski definition) is 4. The molecule has 0 spiro atoms. The molecule has 178 valence electrons. The number of benzene rings is 1. The van der Waals surface area contributed by atoms with E-state index in [0.717, 1.165) is 0 Å². The Morgan fingerprint density at radius 2 is 1.67 bits per heavy atom. The molecule has 0 heterocycles. The molecule has 0 saturated carbocycles. The van der Waals surface area contributed by atoms with Crippen LogP contribution in [0, 0.1) is 23.7 Å². The molecule has 4 N–H and O–H groups in total. The third-order valence-electron chi connectivity index (χ3n) is 4.09. The third-order valence-corrected chi connectivity index (χ3v) is 4.09. The lowest BCUT2D eigenvalue weighted by atomic mass is 9.94. The number of aliphatic hydroxyl groups is 2. The largest absolute Gasteiger partial charge is 0.467 e. The molecule has 0 radical (unpaired) electrons. The van der Waals surface area contributed by atoms with Gasteiger partial charge in [-0.25, -0.2) is 9.59 Å². The molecule has 1 aromatic carbocycles. The van der Waals surface area contributed by atoms with Crippen LogP contribution in [-0.4, -0.2) is 65.2 Å². The van der Waals surface area contributed by atoms with Gasteiger partial charge in [0.2, 0.25) is 0 Å². The molecule has 1 rings (SSSR count). The highest BCUT2D eigenvalue weighted by Gasteiger charge is 2.39. The number of carbonyl (C=O) groups is 3. The number of amides is 2. The van der Waals surface area contributed by atoms with E-state index in [1.165, 1.54) is 19.2 Å². The van der Waals surface area contributed by atoms with Crippen molar-refractivity contribution in [3.8, 4) is 23.7 Å². The molecule has 1 unspecified atom stereocenters. The van der Waals surface area contributed by atoms with E-state index in [1.807, 2.05) is 0 Å². The van der Waals surface area contributed by atoms with Crippen molar-refractivity contribution in [1.82, 2.24) is 10.6 Å². The molecule has 0 aliphatic rings. The van der Waals surface area contributed by atoms with Crippen LogP contribution in [0.4, 0.5) is 4.79 Å². The molecular weight excluding hydrogens is 428 g/mol. The molecule has 0 aliphatic heterocycles. The van der Waals surface area contributed by atoms with Gasteiger partial charge >= 0.3 is 12.1 Å². The SMILES string of the molecule is COC(=O)C(NC(=O)c1ccc(C#CC#C[C@@H](O)CO)cc1)C(C)(C)NC(=O)OC(C)(C)C. The van der Waals surface area contributed by atoms with Crippen LogP contribution in [0.3, 0.4) is 0 Å². The Hall–Kier alpha value is -3.53. The molecule has 2 atom stereocenters. The van der Waals surface area contributed by atoms with Gasteiger partial charge in [0.1, 0.15) is 17.7 Å². The zero-order valence-corrected chi connectivity index (χ0v) is 19.6. The van der Waals surface area contributed by atoms with E-state index >= 15 is 0 Å². The highest BCUT2D eigenvalue weighted by Crippen LogP contribution is 2.15. The fourth-order valence-electron chi connectivity index (χ4n) is 2.48. The van der Waals surface area contributed by atoms with Crippen LogP contribution in [0.1, 0.15) is 50.5 Å². The van der Waals surface area contributed by atoms with Gasteiger partial charge in [-0.1, -0.05) is 11.8 Å². The monoisotopic (exact) mass is 458 g/mol. The van der Waals surface area contributed by atoms with Gasteiger partial charge < -0.3 is 30.3 Å². The number of nitrogens with one attached hydrogen (secondary N) is 2. The van der Waals surface area contributed by atoms with Crippen LogP contribution < -0.4 is 10.6 Å². The summed E-state index contributed by atoms with van der Waals surface area (Å²) in [5, 5.41) is 23.0.